The van der Waals surface area contributed by atoms with E-state index in [4.69, 9.17) is 0 Å². The van der Waals surface area contributed by atoms with Crippen molar-refractivity contribution in [2.24, 2.45) is 0 Å². The van der Waals surface area contributed by atoms with E-state index in [1.807, 2.05) is 25.3 Å². The molecule has 9 heteroatoms. The van der Waals surface area contributed by atoms with E-state index < -0.39 is 10.2 Å². The average Bonchev–Trinajstić information content (AvgIpc) is 3.19. The van der Waals surface area contributed by atoms with Gasteiger partial charge in [0.2, 0.25) is 0 Å². The maximum absolute atomic E-state index is 12.2. The third-order valence-corrected chi connectivity index (χ3v) is 7.32. The maximum Gasteiger partial charge on any atom is 0.301 e. The number of aromatic amines is 1. The van der Waals surface area contributed by atoms with E-state index in [0.29, 0.717) is 11.7 Å². The number of benzene rings is 2. The van der Waals surface area contributed by atoms with Crippen LogP contribution in [0.3, 0.4) is 0 Å². The topological polar surface area (TPSA) is 93.4 Å². The highest BCUT2D eigenvalue weighted by Crippen LogP contribution is 2.25. The first kappa shape index (κ1) is 21.6. The van der Waals surface area contributed by atoms with Crippen LogP contribution in [0.1, 0.15) is 24.0 Å². The number of H-pyrrole nitrogens is 1. The van der Waals surface area contributed by atoms with Crippen LogP contribution in [0, 0.1) is 6.92 Å². The molecule has 166 valence electrons. The van der Waals surface area contributed by atoms with Crippen LogP contribution in [-0.4, -0.2) is 61.0 Å². The molecule has 1 fully saturated rings. The Balaban J connectivity index is 1.42. The highest BCUT2D eigenvalue weighted by Gasteiger charge is 2.21. The number of hydrogen-bond donors (Lipinski definition) is 3. The van der Waals surface area contributed by atoms with Gasteiger partial charge in [0.25, 0.3) is 0 Å². The molecule has 0 saturated carbocycles. The summed E-state index contributed by atoms with van der Waals surface area (Å²) in [5.74, 6) is 0. The molecule has 3 aromatic rings. The van der Waals surface area contributed by atoms with E-state index in [9.17, 15) is 8.42 Å². The summed E-state index contributed by atoms with van der Waals surface area (Å²) in [6.45, 7) is 4.74. The van der Waals surface area contributed by atoms with Crippen molar-refractivity contribution < 1.29 is 8.42 Å². The van der Waals surface area contributed by atoms with Crippen LogP contribution in [-0.2, 0) is 16.8 Å². The Bertz CT molecular complexity index is 1160. The fraction of sp³-hybridized carbons (Fsp3) is 0.409. The molecule has 2 aromatic carbocycles. The second-order valence-corrected chi connectivity index (χ2v) is 10.3. The Labute approximate surface area is 183 Å². The third kappa shape index (κ3) is 5.00. The number of nitrogens with zero attached hydrogens (tertiary/aromatic N) is 3. The van der Waals surface area contributed by atoms with Gasteiger partial charge in [0.05, 0.1) is 17.4 Å². The smallest absolute Gasteiger partial charge is 0.301 e. The van der Waals surface area contributed by atoms with Crippen LogP contribution in [0.2, 0.25) is 0 Å². The Kier molecular flexibility index (Phi) is 6.17. The number of aromatic nitrogens is 2. The quantitative estimate of drug-likeness (QED) is 0.523. The van der Waals surface area contributed by atoms with Gasteiger partial charge in [0.1, 0.15) is 0 Å². The van der Waals surface area contributed by atoms with Gasteiger partial charge in [-0.25, -0.2) is 0 Å². The summed E-state index contributed by atoms with van der Waals surface area (Å²) in [4.78, 5) is 2.43. The van der Waals surface area contributed by atoms with E-state index in [1.165, 1.54) is 18.4 Å². The number of nitrogens with one attached hydrogen (secondary N) is 3. The molecule has 1 aromatic heterocycles. The summed E-state index contributed by atoms with van der Waals surface area (Å²) in [7, 11) is -0.484. The van der Waals surface area contributed by atoms with E-state index in [-0.39, 0.29) is 0 Å². The number of rotatable bonds is 7. The zero-order valence-electron chi connectivity index (χ0n) is 18.2. The molecule has 0 radical (unpaired) electrons. The maximum atomic E-state index is 12.2. The van der Waals surface area contributed by atoms with Gasteiger partial charge in [-0.05, 0) is 61.7 Å². The minimum Gasteiger partial charge on any atom is -0.381 e. The van der Waals surface area contributed by atoms with Crippen molar-refractivity contribution in [3.05, 3.63) is 53.7 Å². The van der Waals surface area contributed by atoms with Gasteiger partial charge >= 0.3 is 10.2 Å². The second-order valence-electron chi connectivity index (χ2n) is 8.37. The van der Waals surface area contributed by atoms with Gasteiger partial charge < -0.3 is 5.32 Å². The van der Waals surface area contributed by atoms with E-state index in [1.54, 1.807) is 0 Å². The van der Waals surface area contributed by atoms with Crippen molar-refractivity contribution in [2.75, 3.05) is 37.2 Å². The van der Waals surface area contributed by atoms with Gasteiger partial charge in [-0.3, -0.25) is 14.7 Å². The van der Waals surface area contributed by atoms with Gasteiger partial charge in [-0.1, -0.05) is 12.1 Å². The Hall–Kier alpha value is -2.62. The van der Waals surface area contributed by atoms with Crippen LogP contribution in [0.15, 0.2) is 42.6 Å². The molecule has 1 saturated heterocycles. The number of anilines is 2. The summed E-state index contributed by atoms with van der Waals surface area (Å²) in [6, 6.07) is 12.4. The molecule has 2 heterocycles. The van der Waals surface area contributed by atoms with Crippen LogP contribution in [0.25, 0.3) is 10.9 Å². The Morgan fingerprint density at radius 2 is 2.10 bits per heavy atom. The molecule has 1 aliphatic rings. The first-order valence-electron chi connectivity index (χ1n) is 10.5. The number of likely N-dealkylation sites (tertiary alicyclic amines) is 1. The molecular weight excluding hydrogens is 412 g/mol. The summed E-state index contributed by atoms with van der Waals surface area (Å²) >= 11 is 0. The molecule has 4 rings (SSSR count). The lowest BCUT2D eigenvalue weighted by Crippen LogP contribution is -2.41. The van der Waals surface area contributed by atoms with Gasteiger partial charge in [0.15, 0.2) is 0 Å². The number of fused-ring (bicyclic) bond motifs is 1. The monoisotopic (exact) mass is 442 g/mol. The fourth-order valence-corrected chi connectivity index (χ4v) is 4.70. The molecular formula is C22H30N6O2S. The predicted molar refractivity (Wildman–Crippen MR) is 125 cm³/mol. The molecule has 1 atom stereocenters. The molecule has 0 amide bonds. The highest BCUT2D eigenvalue weighted by atomic mass is 32.2. The SMILES string of the molecule is Cc1c(CN2CCC[C@H](Nc3ccc4[nH]ncc4c3)C2)cccc1NS(=O)(=O)N(C)C. The zero-order chi connectivity index (χ0) is 22.0. The minimum absolute atomic E-state index is 0.369. The molecule has 3 N–H and O–H groups in total. The average molecular weight is 443 g/mol. The number of hydrogen-bond acceptors (Lipinski definition) is 5. The molecule has 1 aliphatic heterocycles. The molecule has 31 heavy (non-hydrogen) atoms. The molecule has 8 nitrogen and oxygen atoms in total. The van der Waals surface area contributed by atoms with Crippen molar-refractivity contribution in [3.63, 3.8) is 0 Å². The lowest BCUT2D eigenvalue weighted by atomic mass is 10.0. The summed E-state index contributed by atoms with van der Waals surface area (Å²) in [5, 5.41) is 11.8. The third-order valence-electron chi connectivity index (χ3n) is 5.88. The first-order valence-corrected chi connectivity index (χ1v) is 12.0. The fourth-order valence-electron chi connectivity index (χ4n) is 4.02. The minimum atomic E-state index is -3.53. The van der Waals surface area contributed by atoms with Crippen LogP contribution in [0.4, 0.5) is 11.4 Å². The molecule has 0 aliphatic carbocycles. The van der Waals surface area contributed by atoms with Crippen molar-refractivity contribution in [1.29, 1.82) is 0 Å². The summed E-state index contributed by atoms with van der Waals surface area (Å²) in [6.07, 6.45) is 4.09. The normalized spacial score (nSPS) is 17.9. The lowest BCUT2D eigenvalue weighted by Gasteiger charge is -2.34. The van der Waals surface area contributed by atoms with E-state index in [2.05, 4.69) is 49.4 Å². The largest absolute Gasteiger partial charge is 0.381 e. The Morgan fingerprint density at radius 1 is 1.26 bits per heavy atom. The van der Waals surface area contributed by atoms with Crippen LogP contribution in [0.5, 0.6) is 0 Å². The molecule has 0 spiro atoms. The van der Waals surface area contributed by atoms with Crippen molar-refractivity contribution in [2.45, 2.75) is 32.4 Å². The van der Waals surface area contributed by atoms with Crippen LogP contribution >= 0.6 is 0 Å². The highest BCUT2D eigenvalue weighted by molar-refractivity contribution is 7.90. The second kappa shape index (κ2) is 8.86. The predicted octanol–water partition coefficient (Wildman–Crippen LogP) is 3.17. The Morgan fingerprint density at radius 3 is 2.90 bits per heavy atom. The zero-order valence-corrected chi connectivity index (χ0v) is 19.0. The van der Waals surface area contributed by atoms with Crippen molar-refractivity contribution in [1.82, 2.24) is 19.4 Å². The lowest BCUT2D eigenvalue weighted by molar-refractivity contribution is 0.208. The van der Waals surface area contributed by atoms with Gasteiger partial charge in [-0.15, -0.1) is 0 Å². The van der Waals surface area contributed by atoms with Gasteiger partial charge in [-0.2, -0.15) is 17.8 Å². The molecule has 0 unspecified atom stereocenters. The summed E-state index contributed by atoms with van der Waals surface area (Å²) < 4.78 is 28.3. The number of piperidine rings is 1. The standard InChI is InChI=1S/C22H30N6O2S/c1-16-17(6-4-8-21(16)26-31(29,30)27(2)3)14-28-11-5-7-20(15-28)24-19-9-10-22-18(12-19)13-23-25-22/h4,6,8-10,12-13,20,24,26H,5,7,11,14-15H2,1-3H3,(H,23,25)/t20-/m0/s1. The van der Waals surface area contributed by atoms with E-state index >= 15 is 0 Å². The van der Waals surface area contributed by atoms with Crippen molar-refractivity contribution in [3.8, 4) is 0 Å². The van der Waals surface area contributed by atoms with Crippen molar-refractivity contribution >= 4 is 32.5 Å². The molecule has 0 bridgehead atoms. The summed E-state index contributed by atoms with van der Waals surface area (Å²) in [5.41, 5.74) is 4.88. The van der Waals surface area contributed by atoms with Gasteiger partial charge in [0, 0.05) is 44.3 Å². The van der Waals surface area contributed by atoms with E-state index in [0.717, 1.165) is 60.2 Å². The first-order chi connectivity index (χ1) is 14.8. The van der Waals surface area contributed by atoms with Crippen LogP contribution < -0.4 is 10.0 Å².